The average molecular weight is 911 g/mol. The van der Waals surface area contributed by atoms with E-state index >= 15 is 0 Å². The van der Waals surface area contributed by atoms with E-state index in [0.717, 1.165) is 18.2 Å². The molecule has 1 unspecified atom stereocenters. The molecular formula is C31H22Cl3N11O10S3. The molecule has 0 aliphatic carbocycles. The maximum Gasteiger partial charge on any atom is 0.297 e. The van der Waals surface area contributed by atoms with Crippen molar-refractivity contribution in [2.24, 2.45) is 10.2 Å². The molecule has 0 saturated heterocycles. The monoisotopic (exact) mass is 909 g/mol. The number of aromatic hydroxyl groups is 1. The van der Waals surface area contributed by atoms with Gasteiger partial charge in [-0.2, -0.15) is 50.5 Å². The van der Waals surface area contributed by atoms with Gasteiger partial charge in [0, 0.05) is 23.4 Å². The number of halogens is 3. The van der Waals surface area contributed by atoms with E-state index in [4.69, 9.17) is 34.8 Å². The number of hydrogen-bond donors (Lipinski definition) is 7. The van der Waals surface area contributed by atoms with Crippen LogP contribution < -0.4 is 16.0 Å². The van der Waals surface area contributed by atoms with E-state index in [1.807, 2.05) is 6.07 Å². The summed E-state index contributed by atoms with van der Waals surface area (Å²) in [4.78, 5) is 17.2. The van der Waals surface area contributed by atoms with Crippen molar-refractivity contribution in [2.45, 2.75) is 27.7 Å². The number of fused-ring (bicyclic) bond motifs is 2. The Kier molecular flexibility index (Phi) is 11.6. The third kappa shape index (κ3) is 9.07. The van der Waals surface area contributed by atoms with Gasteiger partial charge in [-0.15, -0.1) is 10.2 Å². The molecule has 0 fully saturated rings. The van der Waals surface area contributed by atoms with Crippen LogP contribution in [0.4, 0.5) is 34.8 Å². The number of rotatable bonds is 12. The largest absolute Gasteiger partial charge is 0.505 e. The van der Waals surface area contributed by atoms with Gasteiger partial charge in [0.1, 0.15) is 32.8 Å². The van der Waals surface area contributed by atoms with E-state index < -0.39 is 95.9 Å². The number of nitriles is 1. The molecule has 2 aromatic heterocycles. The van der Waals surface area contributed by atoms with Gasteiger partial charge in [0.25, 0.3) is 30.4 Å². The number of nitrogens with one attached hydrogen (secondary N) is 3. The lowest BCUT2D eigenvalue weighted by Gasteiger charge is -2.17. The Bertz CT molecular complexity index is 3100. The molecule has 58 heavy (non-hydrogen) atoms. The third-order valence-electron chi connectivity index (χ3n) is 7.83. The number of phenols is 1. The van der Waals surface area contributed by atoms with E-state index in [9.17, 15) is 49.3 Å². The first-order chi connectivity index (χ1) is 27.1. The second-order valence-electron chi connectivity index (χ2n) is 11.8. The highest BCUT2D eigenvalue weighted by Gasteiger charge is 2.27. The molecule has 2 heterocycles. The Morgan fingerprint density at radius 2 is 1.50 bits per heavy atom. The normalized spacial score (nSPS) is 12.8. The molecule has 27 heteroatoms. The topological polar surface area (TPSA) is 332 Å². The molecule has 21 nitrogen and oxygen atoms in total. The molecule has 300 valence electrons. The average Bonchev–Trinajstić information content (AvgIpc) is 3.11. The summed E-state index contributed by atoms with van der Waals surface area (Å²) >= 11 is 18.0. The maximum atomic E-state index is 12.6. The third-order valence-corrected chi connectivity index (χ3v) is 11.1. The molecule has 0 bridgehead atoms. The fourth-order valence-electron chi connectivity index (χ4n) is 5.43. The van der Waals surface area contributed by atoms with Gasteiger partial charge in [0.15, 0.2) is 16.7 Å². The molecule has 7 N–H and O–H groups in total. The maximum absolute atomic E-state index is 12.6. The summed E-state index contributed by atoms with van der Waals surface area (Å²) in [5.74, 6) is -1.58. The zero-order valence-electron chi connectivity index (χ0n) is 28.7. The van der Waals surface area contributed by atoms with Gasteiger partial charge in [-0.25, -0.2) is 4.98 Å². The predicted molar refractivity (Wildman–Crippen MR) is 210 cm³/mol. The van der Waals surface area contributed by atoms with Crippen LogP contribution in [-0.2, 0) is 30.4 Å². The zero-order valence-corrected chi connectivity index (χ0v) is 33.4. The summed E-state index contributed by atoms with van der Waals surface area (Å²) in [5, 5.41) is 35.8. The van der Waals surface area contributed by atoms with Gasteiger partial charge < -0.3 is 21.1 Å². The highest BCUT2D eigenvalue weighted by atomic mass is 35.5. The fraction of sp³-hybridized carbons (Fsp3) is 0.0968. The van der Waals surface area contributed by atoms with Crippen LogP contribution in [0.2, 0.25) is 15.7 Å². The first-order valence-electron chi connectivity index (χ1n) is 15.7. The molecule has 0 aliphatic heterocycles. The highest BCUT2D eigenvalue weighted by molar-refractivity contribution is 7.86. The standard InChI is InChI=1S/C31H22Cl3N11O10S3/c1-13(12-36-27-18(11-35)26(32)39-28(33)40-27)37-30-41-29(34)42-31(43-30)38-20-10-16(56(47,48)49)8-15-9-21(57(50,51)52)23(24(46)22(15)20)45-44-19-7-6-14-4-2-3-5-17(14)25(19)58(53,54)55/h2-10,13,46H,12H2,1H3,(H,36,39,40)(H,47,48,49)(H,50,51,52)(H,53,54,55)(H2,37,38,41,42,43). The van der Waals surface area contributed by atoms with E-state index in [-0.39, 0.29) is 39.7 Å². The van der Waals surface area contributed by atoms with Gasteiger partial charge in [0.2, 0.25) is 22.5 Å². The van der Waals surface area contributed by atoms with Crippen molar-refractivity contribution in [3.63, 3.8) is 0 Å². The molecule has 0 radical (unpaired) electrons. The Morgan fingerprint density at radius 1 is 0.810 bits per heavy atom. The summed E-state index contributed by atoms with van der Waals surface area (Å²) < 4.78 is 105. The quantitative estimate of drug-likeness (QED) is 0.0306. The molecule has 0 saturated carbocycles. The van der Waals surface area contributed by atoms with Gasteiger partial charge >= 0.3 is 0 Å². The van der Waals surface area contributed by atoms with E-state index in [1.54, 1.807) is 19.1 Å². The van der Waals surface area contributed by atoms with E-state index in [2.05, 4.69) is 51.1 Å². The number of aromatic nitrogens is 5. The molecular weight excluding hydrogens is 889 g/mol. The number of azo groups is 1. The predicted octanol–water partition coefficient (Wildman–Crippen LogP) is 6.32. The second kappa shape index (κ2) is 16.0. The van der Waals surface area contributed by atoms with Crippen molar-refractivity contribution in [1.29, 1.82) is 5.26 Å². The lowest BCUT2D eigenvalue weighted by Crippen LogP contribution is -2.27. The molecule has 0 aliphatic rings. The Labute approximate surface area is 342 Å². The highest BCUT2D eigenvalue weighted by Crippen LogP contribution is 2.46. The van der Waals surface area contributed by atoms with Gasteiger partial charge in [-0.1, -0.05) is 41.9 Å². The first-order valence-corrected chi connectivity index (χ1v) is 21.1. The summed E-state index contributed by atoms with van der Waals surface area (Å²) in [6.45, 7) is 1.73. The molecule has 0 spiro atoms. The molecule has 6 aromatic rings. The van der Waals surface area contributed by atoms with Crippen LogP contribution in [-0.4, -0.2) is 81.5 Å². The van der Waals surface area contributed by atoms with Gasteiger partial charge in [-0.05, 0) is 65.2 Å². The van der Waals surface area contributed by atoms with Crippen LogP contribution in [0.1, 0.15) is 12.5 Å². The van der Waals surface area contributed by atoms with Crippen molar-refractivity contribution < 1.29 is 44.0 Å². The number of phenolic OH excluding ortho intramolecular Hbond substituents is 1. The number of benzene rings is 4. The first kappa shape index (κ1) is 42.0. The van der Waals surface area contributed by atoms with Crippen molar-refractivity contribution in [2.75, 3.05) is 22.5 Å². The Morgan fingerprint density at radius 3 is 2.17 bits per heavy atom. The second-order valence-corrected chi connectivity index (χ2v) is 17.0. The molecule has 4 aromatic carbocycles. The van der Waals surface area contributed by atoms with Crippen LogP contribution in [0.3, 0.4) is 0 Å². The van der Waals surface area contributed by atoms with Crippen molar-refractivity contribution in [3.05, 3.63) is 75.9 Å². The molecule has 1 atom stereocenters. The van der Waals surface area contributed by atoms with Crippen molar-refractivity contribution >= 4 is 121 Å². The number of nitrogens with zero attached hydrogens (tertiary/aromatic N) is 8. The summed E-state index contributed by atoms with van der Waals surface area (Å²) in [6.07, 6.45) is 0. The van der Waals surface area contributed by atoms with Gasteiger partial charge in [0.05, 0.1) is 10.6 Å². The smallest absolute Gasteiger partial charge is 0.297 e. The minimum absolute atomic E-state index is 0.0210. The minimum Gasteiger partial charge on any atom is -0.505 e. The van der Waals surface area contributed by atoms with E-state index in [1.165, 1.54) is 18.2 Å². The van der Waals surface area contributed by atoms with Crippen LogP contribution in [0.25, 0.3) is 21.5 Å². The van der Waals surface area contributed by atoms with Crippen LogP contribution in [0.5, 0.6) is 5.75 Å². The van der Waals surface area contributed by atoms with E-state index in [0.29, 0.717) is 11.5 Å². The van der Waals surface area contributed by atoms with Gasteiger partial charge in [-0.3, -0.25) is 13.7 Å². The van der Waals surface area contributed by atoms with Crippen LogP contribution in [0, 0.1) is 11.3 Å². The lowest BCUT2D eigenvalue weighted by molar-refractivity contribution is 0.472. The molecule has 0 amide bonds. The number of anilines is 4. The van der Waals surface area contributed by atoms with Crippen molar-refractivity contribution in [3.8, 4) is 11.8 Å². The Balaban J connectivity index is 1.44. The van der Waals surface area contributed by atoms with Crippen LogP contribution in [0.15, 0.2) is 79.5 Å². The summed E-state index contributed by atoms with van der Waals surface area (Å²) in [5.41, 5.74) is -1.94. The van der Waals surface area contributed by atoms with Crippen LogP contribution >= 0.6 is 34.8 Å². The fourth-order valence-corrected chi connectivity index (χ4v) is 8.05. The SMILES string of the molecule is CC(CNc1nc(Cl)nc(Cl)c1C#N)Nc1nc(Cl)nc(Nc2cc(S(=O)(=O)O)cc3cc(S(=O)(=O)O)c(N=Nc4ccc5ccccc5c4S(=O)(=O)O)c(O)c23)n1. The zero-order chi connectivity index (χ0) is 42.3. The lowest BCUT2D eigenvalue weighted by atomic mass is 10.1. The number of hydrogen-bond acceptors (Lipinski definition) is 18. The Hall–Kier alpha value is -5.62. The van der Waals surface area contributed by atoms with Crippen molar-refractivity contribution in [1.82, 2.24) is 24.9 Å². The molecule has 6 rings (SSSR count). The summed E-state index contributed by atoms with van der Waals surface area (Å²) in [6, 6.07) is 12.2. The minimum atomic E-state index is -5.31. The summed E-state index contributed by atoms with van der Waals surface area (Å²) in [7, 11) is -15.3.